The molecule has 4 rings (SSSR count). The third-order valence-corrected chi connectivity index (χ3v) is 5.44. The first-order valence-electron chi connectivity index (χ1n) is 8.75. The zero-order valence-electron chi connectivity index (χ0n) is 15.7. The van der Waals surface area contributed by atoms with Gasteiger partial charge in [-0.15, -0.1) is 0 Å². The van der Waals surface area contributed by atoms with Crippen LogP contribution in [-0.2, 0) is 0 Å². The molecule has 1 aliphatic heterocycles. The van der Waals surface area contributed by atoms with Crippen LogP contribution >= 0.6 is 15.9 Å². The minimum absolute atomic E-state index is 0.0179. The number of benzene rings is 2. The van der Waals surface area contributed by atoms with E-state index in [4.69, 9.17) is 15.2 Å². The number of aromatic hydroxyl groups is 1. The molecule has 8 heteroatoms. The Morgan fingerprint density at radius 3 is 2.69 bits per heavy atom. The summed E-state index contributed by atoms with van der Waals surface area (Å²) in [4.78, 5) is 0. The maximum absolute atomic E-state index is 10.2. The van der Waals surface area contributed by atoms with Crippen LogP contribution < -0.4 is 15.2 Å². The molecule has 3 aromatic rings. The predicted octanol–water partition coefficient (Wildman–Crippen LogP) is 3.88. The molecular weight excluding hydrogens is 436 g/mol. The molecule has 0 fully saturated rings. The third kappa shape index (κ3) is 3.00. The van der Waals surface area contributed by atoms with Gasteiger partial charge in [0.2, 0.25) is 11.8 Å². The largest absolute Gasteiger partial charge is 0.503 e. The van der Waals surface area contributed by atoms with Gasteiger partial charge in [-0.05, 0) is 52.7 Å². The molecule has 0 spiro atoms. The second kappa shape index (κ2) is 7.18. The highest BCUT2D eigenvalue weighted by molar-refractivity contribution is 9.10. The fraction of sp³-hybridized carbons (Fsp3) is 0.143. The van der Waals surface area contributed by atoms with Crippen molar-refractivity contribution in [2.45, 2.75) is 12.8 Å². The second-order valence-electron chi connectivity index (χ2n) is 6.53. The molecule has 1 aliphatic rings. The summed E-state index contributed by atoms with van der Waals surface area (Å²) in [6.45, 7) is 1.86. The zero-order valence-corrected chi connectivity index (χ0v) is 17.3. The highest BCUT2D eigenvalue weighted by Crippen LogP contribution is 2.47. The van der Waals surface area contributed by atoms with Crippen molar-refractivity contribution in [3.05, 3.63) is 75.2 Å². The van der Waals surface area contributed by atoms with Gasteiger partial charge in [0.25, 0.3) is 0 Å². The van der Waals surface area contributed by atoms with Gasteiger partial charge in [0.1, 0.15) is 11.6 Å². The lowest BCUT2D eigenvalue weighted by molar-refractivity contribution is 0.364. The van der Waals surface area contributed by atoms with E-state index < -0.39 is 5.92 Å². The van der Waals surface area contributed by atoms with Crippen LogP contribution in [0.3, 0.4) is 0 Å². The molecule has 0 bridgehead atoms. The van der Waals surface area contributed by atoms with Crippen molar-refractivity contribution in [3.8, 4) is 29.1 Å². The molecule has 1 atom stereocenters. The van der Waals surface area contributed by atoms with Crippen LogP contribution in [0.5, 0.6) is 17.4 Å². The number of hydrogen-bond donors (Lipinski definition) is 2. The number of rotatable bonds is 3. The first kappa shape index (κ1) is 18.9. The average molecular weight is 453 g/mol. The van der Waals surface area contributed by atoms with Gasteiger partial charge in [-0.1, -0.05) is 18.2 Å². The summed E-state index contributed by atoms with van der Waals surface area (Å²) in [6, 6.07) is 15.1. The van der Waals surface area contributed by atoms with Gasteiger partial charge in [-0.2, -0.15) is 10.4 Å². The van der Waals surface area contributed by atoms with Crippen LogP contribution in [-0.4, -0.2) is 22.0 Å². The molecule has 0 radical (unpaired) electrons. The number of phenolic OH excluding ortho intramolecular Hbond substituents is 1. The Morgan fingerprint density at radius 1 is 1.31 bits per heavy atom. The Hall–Kier alpha value is -3.44. The van der Waals surface area contributed by atoms with Crippen LogP contribution in [0.4, 0.5) is 0 Å². The number of hydrogen-bond acceptors (Lipinski definition) is 6. The Labute approximate surface area is 175 Å². The number of phenols is 1. The average Bonchev–Trinajstić information content (AvgIpc) is 3.05. The zero-order chi connectivity index (χ0) is 20.7. The number of methoxy groups -OCH3 is 1. The van der Waals surface area contributed by atoms with Crippen LogP contribution in [0.25, 0.3) is 5.69 Å². The van der Waals surface area contributed by atoms with E-state index in [-0.39, 0.29) is 23.0 Å². The number of halogens is 1. The van der Waals surface area contributed by atoms with E-state index in [9.17, 15) is 10.4 Å². The Balaban J connectivity index is 1.98. The molecule has 2 aromatic carbocycles. The van der Waals surface area contributed by atoms with E-state index in [0.717, 1.165) is 11.3 Å². The quantitative estimate of drug-likeness (QED) is 0.624. The summed E-state index contributed by atoms with van der Waals surface area (Å²) in [5.74, 6) is 0.220. The lowest BCUT2D eigenvalue weighted by atomic mass is 9.84. The molecule has 29 heavy (non-hydrogen) atoms. The molecule has 0 saturated carbocycles. The monoisotopic (exact) mass is 452 g/mol. The number of aromatic nitrogens is 2. The van der Waals surface area contributed by atoms with Crippen LogP contribution in [0.15, 0.2) is 58.4 Å². The summed E-state index contributed by atoms with van der Waals surface area (Å²) < 4.78 is 13.3. The van der Waals surface area contributed by atoms with Gasteiger partial charge in [-0.3, -0.25) is 0 Å². The maximum atomic E-state index is 10.2. The molecule has 3 N–H and O–H groups in total. The standard InChI is InChI=1S/C21H17BrN4O3/c1-11-17-18(12-8-15(22)19(27)16(9-12)28-2)14(10-23)20(24)29-21(17)26(25-11)13-6-4-3-5-7-13/h3-9,18,27H,24H2,1-2H3. The number of nitrogens with zero attached hydrogens (tertiary/aromatic N) is 3. The van der Waals surface area contributed by atoms with E-state index in [0.29, 0.717) is 21.6 Å². The normalized spacial score (nSPS) is 15.4. The van der Waals surface area contributed by atoms with E-state index >= 15 is 0 Å². The fourth-order valence-electron chi connectivity index (χ4n) is 3.51. The fourth-order valence-corrected chi connectivity index (χ4v) is 3.97. The first-order chi connectivity index (χ1) is 14.0. The van der Waals surface area contributed by atoms with E-state index in [2.05, 4.69) is 27.1 Å². The molecule has 1 aromatic heterocycles. The van der Waals surface area contributed by atoms with Crippen molar-refractivity contribution >= 4 is 15.9 Å². The number of nitrogens with two attached hydrogens (primary N) is 1. The lowest BCUT2D eigenvalue weighted by Crippen LogP contribution is -2.22. The van der Waals surface area contributed by atoms with Crippen molar-refractivity contribution in [1.29, 1.82) is 5.26 Å². The molecular formula is C21H17BrN4O3. The molecule has 0 aliphatic carbocycles. The Kier molecular flexibility index (Phi) is 4.68. The number of nitriles is 1. The summed E-state index contributed by atoms with van der Waals surface area (Å²) in [5, 5.41) is 24.6. The Bertz CT molecular complexity index is 1180. The minimum atomic E-state index is -0.521. The summed E-state index contributed by atoms with van der Waals surface area (Å²) >= 11 is 3.35. The van der Waals surface area contributed by atoms with E-state index in [1.165, 1.54) is 7.11 Å². The maximum Gasteiger partial charge on any atom is 0.229 e. The number of ether oxygens (including phenoxy) is 2. The number of para-hydroxylation sites is 1. The summed E-state index contributed by atoms with van der Waals surface area (Å²) in [7, 11) is 1.47. The SMILES string of the molecule is COc1cc(C2C(C#N)=C(N)Oc3c2c(C)nn3-c2ccccc2)cc(Br)c1O. The van der Waals surface area contributed by atoms with Crippen molar-refractivity contribution in [2.75, 3.05) is 7.11 Å². The number of fused-ring (bicyclic) bond motifs is 1. The van der Waals surface area contributed by atoms with Crippen LogP contribution in [0, 0.1) is 18.3 Å². The third-order valence-electron chi connectivity index (χ3n) is 4.84. The van der Waals surface area contributed by atoms with Gasteiger partial charge >= 0.3 is 0 Å². The molecule has 1 unspecified atom stereocenters. The first-order valence-corrected chi connectivity index (χ1v) is 9.54. The molecule has 0 saturated heterocycles. The number of aryl methyl sites for hydroxylation is 1. The smallest absolute Gasteiger partial charge is 0.229 e. The molecule has 2 heterocycles. The Morgan fingerprint density at radius 2 is 2.03 bits per heavy atom. The topological polar surface area (TPSA) is 106 Å². The minimum Gasteiger partial charge on any atom is -0.503 e. The van der Waals surface area contributed by atoms with E-state index in [1.54, 1.807) is 16.8 Å². The number of allylic oxidation sites excluding steroid dienone is 1. The van der Waals surface area contributed by atoms with Crippen molar-refractivity contribution in [1.82, 2.24) is 9.78 Å². The van der Waals surface area contributed by atoms with Gasteiger partial charge < -0.3 is 20.3 Å². The summed E-state index contributed by atoms with van der Waals surface area (Å²) in [5.41, 5.74) is 9.37. The van der Waals surface area contributed by atoms with Crippen molar-refractivity contribution in [2.24, 2.45) is 5.73 Å². The van der Waals surface area contributed by atoms with Crippen molar-refractivity contribution in [3.63, 3.8) is 0 Å². The second-order valence-corrected chi connectivity index (χ2v) is 7.38. The van der Waals surface area contributed by atoms with Gasteiger partial charge in [0.05, 0.1) is 34.4 Å². The van der Waals surface area contributed by atoms with Gasteiger partial charge in [-0.25, -0.2) is 4.68 Å². The molecule has 0 amide bonds. The highest BCUT2D eigenvalue weighted by atomic mass is 79.9. The van der Waals surface area contributed by atoms with Gasteiger partial charge in [0, 0.05) is 0 Å². The molecule has 7 nitrogen and oxygen atoms in total. The van der Waals surface area contributed by atoms with Crippen LogP contribution in [0.1, 0.15) is 22.7 Å². The summed E-state index contributed by atoms with van der Waals surface area (Å²) in [6.07, 6.45) is 0. The molecule has 146 valence electrons. The van der Waals surface area contributed by atoms with Gasteiger partial charge in [0.15, 0.2) is 11.5 Å². The highest BCUT2D eigenvalue weighted by Gasteiger charge is 2.36. The van der Waals surface area contributed by atoms with E-state index in [1.807, 2.05) is 37.3 Å². The van der Waals surface area contributed by atoms with Crippen molar-refractivity contribution < 1.29 is 14.6 Å². The lowest BCUT2D eigenvalue weighted by Gasteiger charge is -2.25. The predicted molar refractivity (Wildman–Crippen MR) is 110 cm³/mol. The van der Waals surface area contributed by atoms with Crippen LogP contribution in [0.2, 0.25) is 0 Å².